The van der Waals surface area contributed by atoms with Crippen LogP contribution in [0.2, 0.25) is 0 Å². The number of oxazole rings is 1. The summed E-state index contributed by atoms with van der Waals surface area (Å²) in [6, 6.07) is 24.0. The van der Waals surface area contributed by atoms with Gasteiger partial charge in [-0.1, -0.05) is 24.6 Å². The van der Waals surface area contributed by atoms with Crippen molar-refractivity contribution >= 4 is 34.6 Å². The number of nitrogens with zero attached hydrogens (tertiary/aromatic N) is 2. The lowest BCUT2D eigenvalue weighted by Crippen LogP contribution is -2.29. The Bertz CT molecular complexity index is 1320. The fourth-order valence-electron chi connectivity index (χ4n) is 5.49. The lowest BCUT2D eigenvalue weighted by molar-refractivity contribution is -0.651. The number of ether oxygens (including phenoxy) is 1. The number of hydrogen-bond donors (Lipinski definition) is 0. The van der Waals surface area contributed by atoms with Crippen LogP contribution in [0.3, 0.4) is 0 Å². The molecule has 3 aromatic carbocycles. The number of anilines is 2. The summed E-state index contributed by atoms with van der Waals surface area (Å²) in [5.74, 6) is 2.35. The molecule has 0 radical (unpaired) electrons. The highest BCUT2D eigenvalue weighted by Crippen LogP contribution is 2.52. The molecule has 0 bridgehead atoms. The molecule has 4 heteroatoms. The summed E-state index contributed by atoms with van der Waals surface area (Å²) in [5.41, 5.74) is 7.29. The van der Waals surface area contributed by atoms with Crippen molar-refractivity contribution in [2.24, 2.45) is 7.05 Å². The molecule has 0 N–H and O–H groups in total. The Hall–Kier alpha value is -3.53. The maximum absolute atomic E-state index is 6.03. The molecule has 6 rings (SSSR count). The van der Waals surface area contributed by atoms with Crippen LogP contribution in [-0.2, 0) is 7.05 Å². The molecule has 2 atom stereocenters. The van der Waals surface area contributed by atoms with Crippen molar-refractivity contribution in [1.82, 2.24) is 0 Å². The van der Waals surface area contributed by atoms with Crippen LogP contribution in [0.5, 0.6) is 5.75 Å². The minimum Gasteiger partial charge on any atom is -0.497 e. The standard InChI is InChI=1S/C28H27N2O2/c1-29-26-7-3-4-9-27(26)32-28(29)17-11-19-10-16-25-23(18-19)22-6-5-8-24(22)30(25)20-12-14-21(31-2)15-13-20/h3-4,7,9-18,22,24H,5-6,8H2,1-2H3/q+1. The number of hydrogen-bond acceptors (Lipinski definition) is 3. The molecule has 160 valence electrons. The smallest absolute Gasteiger partial charge is 0.373 e. The van der Waals surface area contributed by atoms with E-state index in [1.165, 1.54) is 41.8 Å². The number of benzene rings is 3. The Morgan fingerprint density at radius 1 is 1.00 bits per heavy atom. The van der Waals surface area contributed by atoms with Gasteiger partial charge in [-0.3, -0.25) is 0 Å². The van der Waals surface area contributed by atoms with E-state index >= 15 is 0 Å². The van der Waals surface area contributed by atoms with Crippen molar-refractivity contribution in [3.05, 3.63) is 83.7 Å². The average Bonchev–Trinajstić information content (AvgIpc) is 3.51. The Balaban J connectivity index is 1.35. The van der Waals surface area contributed by atoms with E-state index in [1.54, 1.807) is 7.11 Å². The fourth-order valence-corrected chi connectivity index (χ4v) is 5.49. The van der Waals surface area contributed by atoms with Gasteiger partial charge in [0.15, 0.2) is 0 Å². The van der Waals surface area contributed by atoms with Crippen LogP contribution in [0.4, 0.5) is 11.4 Å². The second kappa shape index (κ2) is 7.56. The monoisotopic (exact) mass is 423 g/mol. The average molecular weight is 424 g/mol. The summed E-state index contributed by atoms with van der Waals surface area (Å²) < 4.78 is 13.5. The van der Waals surface area contributed by atoms with E-state index in [1.807, 2.05) is 25.2 Å². The normalized spacial score (nSPS) is 19.6. The van der Waals surface area contributed by atoms with E-state index in [4.69, 9.17) is 9.15 Å². The van der Waals surface area contributed by atoms with Crippen molar-refractivity contribution in [2.75, 3.05) is 12.0 Å². The summed E-state index contributed by atoms with van der Waals surface area (Å²) in [6.45, 7) is 0. The van der Waals surface area contributed by atoms with Crippen LogP contribution < -0.4 is 14.2 Å². The van der Waals surface area contributed by atoms with Gasteiger partial charge in [0, 0.05) is 29.4 Å². The van der Waals surface area contributed by atoms with Crippen LogP contribution in [0.15, 0.2) is 71.1 Å². The van der Waals surface area contributed by atoms with E-state index in [-0.39, 0.29) is 0 Å². The van der Waals surface area contributed by atoms with Gasteiger partial charge in [0.05, 0.1) is 13.2 Å². The Labute approximate surface area is 188 Å². The predicted octanol–water partition coefficient (Wildman–Crippen LogP) is 6.22. The van der Waals surface area contributed by atoms with Gasteiger partial charge in [0.2, 0.25) is 5.58 Å². The molecule has 2 aliphatic rings. The maximum Gasteiger partial charge on any atom is 0.373 e. The fraction of sp³-hybridized carbons (Fsp3) is 0.250. The first-order valence-corrected chi connectivity index (χ1v) is 11.4. The first kappa shape index (κ1) is 19.2. The zero-order valence-electron chi connectivity index (χ0n) is 18.5. The van der Waals surface area contributed by atoms with E-state index < -0.39 is 0 Å². The summed E-state index contributed by atoms with van der Waals surface area (Å²) in [4.78, 5) is 2.54. The number of fused-ring (bicyclic) bond motifs is 4. The van der Waals surface area contributed by atoms with Crippen LogP contribution in [0, 0.1) is 0 Å². The number of aryl methyl sites for hydroxylation is 1. The molecule has 4 aromatic rings. The maximum atomic E-state index is 6.03. The van der Waals surface area contributed by atoms with Crippen LogP contribution in [0.25, 0.3) is 23.3 Å². The van der Waals surface area contributed by atoms with Crippen LogP contribution in [-0.4, -0.2) is 13.2 Å². The van der Waals surface area contributed by atoms with Gasteiger partial charge in [-0.15, -0.1) is 0 Å². The summed E-state index contributed by atoms with van der Waals surface area (Å²) in [5, 5.41) is 0. The minimum absolute atomic E-state index is 0.547. The Morgan fingerprint density at radius 3 is 2.66 bits per heavy atom. The molecule has 1 fully saturated rings. The van der Waals surface area contributed by atoms with E-state index in [9.17, 15) is 0 Å². The second-order valence-electron chi connectivity index (χ2n) is 8.79. The highest BCUT2D eigenvalue weighted by Gasteiger charge is 2.42. The molecule has 0 saturated heterocycles. The molecular formula is C28H27N2O2+. The first-order chi connectivity index (χ1) is 15.7. The number of para-hydroxylation sites is 2. The summed E-state index contributed by atoms with van der Waals surface area (Å²) >= 11 is 0. The van der Waals surface area contributed by atoms with E-state index in [0.29, 0.717) is 12.0 Å². The third-order valence-electron chi connectivity index (χ3n) is 7.06. The Kier molecular flexibility index (Phi) is 4.53. The van der Waals surface area contributed by atoms with Gasteiger partial charge in [-0.25, -0.2) is 0 Å². The highest BCUT2D eigenvalue weighted by atomic mass is 16.5. The van der Waals surface area contributed by atoms with Crippen molar-refractivity contribution < 1.29 is 13.7 Å². The lowest BCUT2D eigenvalue weighted by atomic mass is 9.96. The van der Waals surface area contributed by atoms with Crippen molar-refractivity contribution in [3.63, 3.8) is 0 Å². The van der Waals surface area contributed by atoms with Gasteiger partial charge >= 0.3 is 5.89 Å². The molecule has 1 aliphatic carbocycles. The van der Waals surface area contributed by atoms with Crippen molar-refractivity contribution in [1.29, 1.82) is 0 Å². The highest BCUT2D eigenvalue weighted by molar-refractivity contribution is 5.77. The largest absolute Gasteiger partial charge is 0.497 e. The first-order valence-electron chi connectivity index (χ1n) is 11.4. The lowest BCUT2D eigenvalue weighted by Gasteiger charge is -2.27. The quantitative estimate of drug-likeness (QED) is 0.365. The molecular weight excluding hydrogens is 396 g/mol. The molecule has 32 heavy (non-hydrogen) atoms. The van der Waals surface area contributed by atoms with Gasteiger partial charge < -0.3 is 14.1 Å². The Morgan fingerprint density at radius 2 is 1.84 bits per heavy atom. The van der Waals surface area contributed by atoms with Crippen LogP contribution >= 0.6 is 0 Å². The van der Waals surface area contributed by atoms with Gasteiger partial charge in [0.1, 0.15) is 12.8 Å². The van der Waals surface area contributed by atoms with Crippen LogP contribution in [0.1, 0.15) is 42.2 Å². The summed E-state index contributed by atoms with van der Waals surface area (Å²) in [6.07, 6.45) is 8.03. The molecule has 0 amide bonds. The minimum atomic E-state index is 0.547. The number of aromatic nitrogens is 1. The molecule has 2 unspecified atom stereocenters. The zero-order valence-corrected chi connectivity index (χ0v) is 18.5. The predicted molar refractivity (Wildman–Crippen MR) is 128 cm³/mol. The van der Waals surface area contributed by atoms with E-state index in [0.717, 1.165) is 22.7 Å². The third-order valence-corrected chi connectivity index (χ3v) is 7.06. The van der Waals surface area contributed by atoms with Gasteiger partial charge in [0.25, 0.3) is 5.52 Å². The molecule has 1 aromatic heterocycles. The molecule has 0 spiro atoms. The zero-order chi connectivity index (χ0) is 21.7. The molecule has 1 saturated carbocycles. The van der Waals surface area contributed by atoms with E-state index in [2.05, 4.69) is 70.1 Å². The van der Waals surface area contributed by atoms with Gasteiger partial charge in [-0.05, 0) is 72.5 Å². The molecule has 2 heterocycles. The number of rotatable bonds is 4. The van der Waals surface area contributed by atoms with Crippen molar-refractivity contribution in [2.45, 2.75) is 31.2 Å². The van der Waals surface area contributed by atoms with Gasteiger partial charge in [-0.2, -0.15) is 4.57 Å². The van der Waals surface area contributed by atoms with Crippen molar-refractivity contribution in [3.8, 4) is 5.75 Å². The topological polar surface area (TPSA) is 29.5 Å². The molecule has 4 nitrogen and oxygen atoms in total. The number of methoxy groups -OCH3 is 1. The SMILES string of the molecule is COc1ccc(N2c3ccc(/C=C/c4oc5ccccc5[n+]4C)cc3C3CCCC32)cc1. The third kappa shape index (κ3) is 3.01. The molecule has 1 aliphatic heterocycles. The summed E-state index contributed by atoms with van der Waals surface area (Å²) in [7, 11) is 3.76. The second-order valence-corrected chi connectivity index (χ2v) is 8.79.